The zero-order valence-corrected chi connectivity index (χ0v) is 15.6. The predicted octanol–water partition coefficient (Wildman–Crippen LogP) is 2.56. The largest absolute Gasteiger partial charge is 0.391 e. The first-order chi connectivity index (χ1) is 13.1. The van der Waals surface area contributed by atoms with Gasteiger partial charge in [0, 0.05) is 42.5 Å². The number of hydrogen-bond acceptors (Lipinski definition) is 3. The Kier molecular flexibility index (Phi) is 4.99. The van der Waals surface area contributed by atoms with E-state index in [4.69, 9.17) is 0 Å². The Balaban J connectivity index is 1.30. The summed E-state index contributed by atoms with van der Waals surface area (Å²) in [6, 6.07) is 8.04. The minimum Gasteiger partial charge on any atom is -0.391 e. The molecule has 1 fully saturated rings. The predicted molar refractivity (Wildman–Crippen MR) is 104 cm³/mol. The van der Waals surface area contributed by atoms with Crippen molar-refractivity contribution in [1.82, 2.24) is 20.1 Å². The summed E-state index contributed by atoms with van der Waals surface area (Å²) in [5, 5.41) is 18.8. The van der Waals surface area contributed by atoms with Crippen LogP contribution in [0.3, 0.4) is 0 Å². The second-order valence-corrected chi connectivity index (χ2v) is 7.67. The molecule has 0 aliphatic heterocycles. The summed E-state index contributed by atoms with van der Waals surface area (Å²) in [4.78, 5) is 15.7. The highest BCUT2D eigenvalue weighted by molar-refractivity contribution is 5.85. The summed E-state index contributed by atoms with van der Waals surface area (Å²) in [6.07, 6.45) is 7.80. The van der Waals surface area contributed by atoms with E-state index in [-0.39, 0.29) is 11.9 Å². The molecule has 3 aromatic rings. The van der Waals surface area contributed by atoms with Gasteiger partial charge in [-0.25, -0.2) is 0 Å². The number of nitrogens with zero attached hydrogens (tertiary/aromatic N) is 2. The van der Waals surface area contributed by atoms with E-state index in [1.54, 1.807) is 6.20 Å². The number of nitrogens with one attached hydrogen (secondary N) is 2. The first-order valence-corrected chi connectivity index (χ1v) is 9.60. The van der Waals surface area contributed by atoms with Crippen LogP contribution in [0.2, 0.25) is 0 Å². The Hall–Kier alpha value is -2.60. The first-order valence-electron chi connectivity index (χ1n) is 9.60. The van der Waals surface area contributed by atoms with Crippen LogP contribution in [0.25, 0.3) is 10.9 Å². The fraction of sp³-hybridized carbons (Fsp3) is 0.429. The highest BCUT2D eigenvalue weighted by Crippen LogP contribution is 2.27. The van der Waals surface area contributed by atoms with Crippen molar-refractivity contribution < 1.29 is 9.90 Å². The van der Waals surface area contributed by atoms with Gasteiger partial charge in [-0.15, -0.1) is 0 Å². The minimum atomic E-state index is -0.481. The molecule has 27 heavy (non-hydrogen) atoms. The van der Waals surface area contributed by atoms with Gasteiger partial charge in [-0.2, -0.15) is 5.10 Å². The van der Waals surface area contributed by atoms with Gasteiger partial charge in [-0.05, 0) is 55.9 Å². The monoisotopic (exact) mass is 366 g/mol. The minimum absolute atomic E-state index is 0.000734. The molecule has 1 amide bonds. The number of carbonyl (C=O) groups is 1. The lowest BCUT2D eigenvalue weighted by molar-refractivity contribution is -0.122. The molecule has 3 atom stereocenters. The zero-order valence-electron chi connectivity index (χ0n) is 15.6. The summed E-state index contributed by atoms with van der Waals surface area (Å²) in [5.74, 6) is 0.336. The van der Waals surface area contributed by atoms with Crippen LogP contribution in [0.15, 0.2) is 42.9 Å². The van der Waals surface area contributed by atoms with Crippen molar-refractivity contribution in [3.05, 3.63) is 54.0 Å². The second kappa shape index (κ2) is 7.56. The molecule has 2 heterocycles. The third-order valence-corrected chi connectivity index (χ3v) is 5.52. The molecule has 6 heteroatoms. The lowest BCUT2D eigenvalue weighted by Gasteiger charge is -2.16. The number of aliphatic hydroxyl groups excluding tert-OH is 1. The summed E-state index contributed by atoms with van der Waals surface area (Å²) >= 11 is 0. The highest BCUT2D eigenvalue weighted by Gasteiger charge is 2.34. The average molecular weight is 366 g/mol. The number of aromatic nitrogens is 3. The molecule has 0 bridgehead atoms. The smallest absolute Gasteiger partial charge is 0.220 e. The molecule has 0 saturated heterocycles. The van der Waals surface area contributed by atoms with Gasteiger partial charge in [0.05, 0.1) is 12.1 Å². The fourth-order valence-electron chi connectivity index (χ4n) is 4.12. The number of hydrogen-bond donors (Lipinski definition) is 3. The van der Waals surface area contributed by atoms with E-state index in [1.165, 1.54) is 10.9 Å². The van der Waals surface area contributed by atoms with Crippen molar-refractivity contribution >= 4 is 16.8 Å². The van der Waals surface area contributed by atoms with Gasteiger partial charge in [0.2, 0.25) is 5.91 Å². The van der Waals surface area contributed by atoms with Crippen molar-refractivity contribution in [1.29, 1.82) is 0 Å². The van der Waals surface area contributed by atoms with Crippen molar-refractivity contribution in [3.63, 3.8) is 0 Å². The van der Waals surface area contributed by atoms with Crippen LogP contribution in [0.1, 0.15) is 30.4 Å². The second-order valence-electron chi connectivity index (χ2n) is 7.67. The number of H-pyrrole nitrogens is 1. The third-order valence-electron chi connectivity index (χ3n) is 5.52. The van der Waals surface area contributed by atoms with Gasteiger partial charge in [-0.1, -0.05) is 11.6 Å². The molecule has 142 valence electrons. The number of aromatic amines is 1. The third kappa shape index (κ3) is 4.06. The number of fused-ring (bicyclic) bond motifs is 1. The van der Waals surface area contributed by atoms with Crippen LogP contribution in [0.4, 0.5) is 0 Å². The van der Waals surface area contributed by atoms with E-state index in [9.17, 15) is 9.90 Å². The van der Waals surface area contributed by atoms with Crippen LogP contribution in [0, 0.1) is 12.8 Å². The van der Waals surface area contributed by atoms with Crippen molar-refractivity contribution in [2.45, 2.75) is 51.3 Å². The van der Waals surface area contributed by atoms with E-state index < -0.39 is 6.10 Å². The standard InChI is InChI=1S/C21H26N4O2/c1-14-3-5-18-17(9-14)16(12-22-18)4-6-21(27)24-19-10-15(11-20(19)26)13-25-8-2-7-23-25/h2-3,5,7-9,12,15,19-20,22,26H,4,6,10-11,13H2,1H3,(H,24,27)/t15?,19-,20-/m1/s1. The summed E-state index contributed by atoms with van der Waals surface area (Å²) in [7, 11) is 0. The van der Waals surface area contributed by atoms with Crippen molar-refractivity contribution in [3.8, 4) is 0 Å². The lowest BCUT2D eigenvalue weighted by atomic mass is 10.1. The number of benzene rings is 1. The Morgan fingerprint density at radius 2 is 2.30 bits per heavy atom. The summed E-state index contributed by atoms with van der Waals surface area (Å²) in [6.45, 7) is 2.86. The number of carbonyl (C=O) groups excluding carboxylic acids is 1. The topological polar surface area (TPSA) is 82.9 Å². The number of amides is 1. The maximum Gasteiger partial charge on any atom is 0.220 e. The Morgan fingerprint density at radius 1 is 1.41 bits per heavy atom. The summed E-state index contributed by atoms with van der Waals surface area (Å²) < 4.78 is 1.89. The number of rotatable bonds is 6. The molecule has 1 aromatic carbocycles. The molecule has 1 unspecified atom stereocenters. The highest BCUT2D eigenvalue weighted by atomic mass is 16.3. The molecular weight excluding hydrogens is 340 g/mol. The normalized spacial score (nSPS) is 22.4. The SMILES string of the molecule is Cc1ccc2[nH]cc(CCC(=O)N[C@@H]3CC(Cn4cccn4)C[C@H]3O)c2c1. The van der Waals surface area contributed by atoms with Crippen LogP contribution in [-0.4, -0.2) is 37.9 Å². The number of aryl methyl sites for hydroxylation is 2. The van der Waals surface area contributed by atoms with Crippen LogP contribution < -0.4 is 5.32 Å². The lowest BCUT2D eigenvalue weighted by Crippen LogP contribution is -2.40. The van der Waals surface area contributed by atoms with Crippen molar-refractivity contribution in [2.24, 2.45) is 5.92 Å². The molecule has 2 aromatic heterocycles. The fourth-order valence-corrected chi connectivity index (χ4v) is 4.12. The molecular formula is C21H26N4O2. The van der Waals surface area contributed by atoms with Gasteiger partial charge >= 0.3 is 0 Å². The van der Waals surface area contributed by atoms with E-state index in [0.717, 1.165) is 24.0 Å². The van der Waals surface area contributed by atoms with Gasteiger partial charge in [-0.3, -0.25) is 9.48 Å². The van der Waals surface area contributed by atoms with E-state index in [1.807, 2.05) is 23.1 Å². The van der Waals surface area contributed by atoms with Gasteiger partial charge in [0.25, 0.3) is 0 Å². The molecule has 4 rings (SSSR count). The molecule has 1 saturated carbocycles. The number of aliphatic hydroxyl groups is 1. The maximum atomic E-state index is 12.4. The van der Waals surface area contributed by atoms with Crippen LogP contribution in [0.5, 0.6) is 0 Å². The van der Waals surface area contributed by atoms with Gasteiger partial charge < -0.3 is 15.4 Å². The van der Waals surface area contributed by atoms with Gasteiger partial charge in [0.1, 0.15) is 0 Å². The van der Waals surface area contributed by atoms with E-state index in [2.05, 4.69) is 40.5 Å². The molecule has 1 aliphatic rings. The maximum absolute atomic E-state index is 12.4. The summed E-state index contributed by atoms with van der Waals surface area (Å²) in [5.41, 5.74) is 3.47. The van der Waals surface area contributed by atoms with Crippen molar-refractivity contribution in [2.75, 3.05) is 0 Å². The average Bonchev–Trinajstić information content (AvgIpc) is 3.35. The molecule has 6 nitrogen and oxygen atoms in total. The van der Waals surface area contributed by atoms with Crippen LogP contribution >= 0.6 is 0 Å². The van der Waals surface area contributed by atoms with E-state index in [0.29, 0.717) is 25.2 Å². The zero-order chi connectivity index (χ0) is 18.8. The first kappa shape index (κ1) is 17.8. The Bertz CT molecular complexity index is 916. The molecule has 0 spiro atoms. The van der Waals surface area contributed by atoms with Gasteiger partial charge in [0.15, 0.2) is 0 Å². The molecule has 0 radical (unpaired) electrons. The Morgan fingerprint density at radius 3 is 3.11 bits per heavy atom. The molecule has 3 N–H and O–H groups in total. The molecule has 1 aliphatic carbocycles. The quantitative estimate of drug-likeness (QED) is 0.627. The Labute approximate surface area is 158 Å². The van der Waals surface area contributed by atoms with Crippen LogP contribution in [-0.2, 0) is 17.8 Å². The van der Waals surface area contributed by atoms with E-state index >= 15 is 0 Å².